The molecule has 176 valence electrons. The van der Waals surface area contributed by atoms with Gasteiger partial charge in [0.15, 0.2) is 0 Å². The second kappa shape index (κ2) is 11.9. The van der Waals surface area contributed by atoms with Gasteiger partial charge in [-0.2, -0.15) is 0 Å². The number of aryl methyl sites for hydroxylation is 2. The molecule has 0 bridgehead atoms. The van der Waals surface area contributed by atoms with E-state index in [1.165, 1.54) is 22.3 Å². The van der Waals surface area contributed by atoms with Crippen molar-refractivity contribution in [3.63, 3.8) is 0 Å². The summed E-state index contributed by atoms with van der Waals surface area (Å²) in [5.41, 5.74) is 5.98. The van der Waals surface area contributed by atoms with Gasteiger partial charge in [-0.3, -0.25) is 0 Å². The molecule has 0 aromatic heterocycles. The topological polar surface area (TPSA) is 38.8 Å². The molecule has 0 saturated carbocycles. The van der Waals surface area contributed by atoms with Gasteiger partial charge in [-0.15, -0.1) is 0 Å². The SMILES string of the molecule is CC.CCCc1cc(OCc2ccc3c(c2)CCN(C(=O)OC(C)(C)C)C3)ccc1CC. The molecule has 0 spiro atoms. The quantitative estimate of drug-likeness (QED) is 0.482. The molecule has 1 aliphatic rings. The van der Waals surface area contributed by atoms with Crippen LogP contribution in [0.4, 0.5) is 4.79 Å². The Balaban J connectivity index is 0.00000176. The maximum Gasteiger partial charge on any atom is 0.410 e. The predicted octanol–water partition coefficient (Wildman–Crippen LogP) is 7.10. The normalized spacial score (nSPS) is 13.0. The Morgan fingerprint density at radius 1 is 1.00 bits per heavy atom. The Kier molecular flexibility index (Phi) is 9.61. The number of nitrogens with zero attached hydrogens (tertiary/aromatic N) is 1. The molecule has 1 heterocycles. The van der Waals surface area contributed by atoms with Crippen LogP contribution in [-0.2, 0) is 37.2 Å². The van der Waals surface area contributed by atoms with Crippen LogP contribution in [0.2, 0.25) is 0 Å². The van der Waals surface area contributed by atoms with Gasteiger partial charge in [-0.25, -0.2) is 4.79 Å². The number of amides is 1. The smallest absolute Gasteiger partial charge is 0.410 e. The first-order valence-corrected chi connectivity index (χ1v) is 12.1. The minimum absolute atomic E-state index is 0.237. The van der Waals surface area contributed by atoms with Crippen molar-refractivity contribution in [3.05, 3.63) is 64.2 Å². The first kappa shape index (κ1) is 25.8. The number of carbonyl (C=O) groups excluding carboxylic acids is 1. The van der Waals surface area contributed by atoms with Crippen LogP contribution >= 0.6 is 0 Å². The van der Waals surface area contributed by atoms with E-state index in [0.29, 0.717) is 19.7 Å². The third-order valence-electron chi connectivity index (χ3n) is 5.42. The summed E-state index contributed by atoms with van der Waals surface area (Å²) in [4.78, 5) is 14.1. The van der Waals surface area contributed by atoms with E-state index in [0.717, 1.165) is 37.0 Å². The predicted molar refractivity (Wildman–Crippen MR) is 132 cm³/mol. The average Bonchev–Trinajstić information content (AvgIpc) is 2.78. The molecular formula is C28H41NO3. The highest BCUT2D eigenvalue weighted by Crippen LogP contribution is 2.24. The fourth-order valence-corrected chi connectivity index (χ4v) is 3.88. The van der Waals surface area contributed by atoms with E-state index in [1.807, 2.05) is 34.6 Å². The van der Waals surface area contributed by atoms with Gasteiger partial charge in [-0.05, 0) is 80.0 Å². The number of fused-ring (bicyclic) bond motifs is 1. The number of carbonyl (C=O) groups is 1. The second-order valence-electron chi connectivity index (χ2n) is 9.08. The van der Waals surface area contributed by atoms with Crippen molar-refractivity contribution >= 4 is 6.09 Å². The summed E-state index contributed by atoms with van der Waals surface area (Å²) in [6, 6.07) is 12.9. The molecule has 0 saturated heterocycles. The summed E-state index contributed by atoms with van der Waals surface area (Å²) < 4.78 is 11.6. The Morgan fingerprint density at radius 3 is 2.41 bits per heavy atom. The number of hydrogen-bond acceptors (Lipinski definition) is 3. The number of hydrogen-bond donors (Lipinski definition) is 0. The van der Waals surface area contributed by atoms with Crippen molar-refractivity contribution < 1.29 is 14.3 Å². The van der Waals surface area contributed by atoms with Crippen LogP contribution in [0.1, 0.15) is 82.7 Å². The molecule has 0 atom stereocenters. The third kappa shape index (κ3) is 7.29. The van der Waals surface area contributed by atoms with Crippen molar-refractivity contribution in [2.45, 2.75) is 92.9 Å². The molecule has 0 aliphatic carbocycles. The third-order valence-corrected chi connectivity index (χ3v) is 5.42. The molecular weight excluding hydrogens is 398 g/mol. The van der Waals surface area contributed by atoms with Crippen LogP contribution in [0.3, 0.4) is 0 Å². The summed E-state index contributed by atoms with van der Waals surface area (Å²) in [5.74, 6) is 0.935. The molecule has 1 amide bonds. The van der Waals surface area contributed by atoms with Crippen molar-refractivity contribution in [1.82, 2.24) is 4.90 Å². The van der Waals surface area contributed by atoms with E-state index >= 15 is 0 Å². The lowest BCUT2D eigenvalue weighted by molar-refractivity contribution is 0.0224. The minimum Gasteiger partial charge on any atom is -0.489 e. The zero-order valence-corrected chi connectivity index (χ0v) is 21.1. The molecule has 1 aliphatic heterocycles. The lowest BCUT2D eigenvalue weighted by atomic mass is 9.97. The fraction of sp³-hybridized carbons (Fsp3) is 0.536. The lowest BCUT2D eigenvalue weighted by Crippen LogP contribution is -2.39. The largest absolute Gasteiger partial charge is 0.489 e. The fourth-order valence-electron chi connectivity index (χ4n) is 3.88. The Bertz CT molecular complexity index is 883. The number of benzene rings is 2. The van der Waals surface area contributed by atoms with E-state index in [1.54, 1.807) is 4.90 Å². The van der Waals surface area contributed by atoms with Crippen LogP contribution in [-0.4, -0.2) is 23.1 Å². The maximum atomic E-state index is 12.4. The van der Waals surface area contributed by atoms with Crippen LogP contribution in [0.5, 0.6) is 5.75 Å². The van der Waals surface area contributed by atoms with Gasteiger partial charge in [-0.1, -0.05) is 58.4 Å². The molecule has 3 rings (SSSR count). The zero-order valence-electron chi connectivity index (χ0n) is 21.1. The van der Waals surface area contributed by atoms with Crippen LogP contribution in [0.25, 0.3) is 0 Å². The van der Waals surface area contributed by atoms with E-state index in [-0.39, 0.29) is 6.09 Å². The molecule has 32 heavy (non-hydrogen) atoms. The summed E-state index contributed by atoms with van der Waals surface area (Å²) in [5, 5.41) is 0. The van der Waals surface area contributed by atoms with Crippen molar-refractivity contribution in [2.24, 2.45) is 0 Å². The molecule has 0 radical (unpaired) electrons. The highest BCUT2D eigenvalue weighted by molar-refractivity contribution is 5.68. The van der Waals surface area contributed by atoms with E-state index in [9.17, 15) is 4.79 Å². The molecule has 0 fully saturated rings. The molecule has 0 N–H and O–H groups in total. The monoisotopic (exact) mass is 439 g/mol. The highest BCUT2D eigenvalue weighted by atomic mass is 16.6. The summed E-state index contributed by atoms with van der Waals surface area (Å²) >= 11 is 0. The van der Waals surface area contributed by atoms with Gasteiger partial charge in [0.25, 0.3) is 0 Å². The molecule has 2 aromatic rings. The first-order valence-electron chi connectivity index (χ1n) is 12.1. The van der Waals surface area contributed by atoms with Gasteiger partial charge in [0, 0.05) is 13.1 Å². The van der Waals surface area contributed by atoms with Gasteiger partial charge in [0.05, 0.1) is 0 Å². The molecule has 2 aromatic carbocycles. The van der Waals surface area contributed by atoms with E-state index < -0.39 is 5.60 Å². The molecule has 4 nitrogen and oxygen atoms in total. The van der Waals surface area contributed by atoms with Crippen molar-refractivity contribution in [3.8, 4) is 5.75 Å². The molecule has 4 heteroatoms. The van der Waals surface area contributed by atoms with E-state index in [2.05, 4.69) is 50.2 Å². The molecule has 0 unspecified atom stereocenters. The lowest BCUT2D eigenvalue weighted by Gasteiger charge is -2.31. The Morgan fingerprint density at radius 2 is 1.75 bits per heavy atom. The second-order valence-corrected chi connectivity index (χ2v) is 9.08. The maximum absolute atomic E-state index is 12.4. The van der Waals surface area contributed by atoms with Gasteiger partial charge < -0.3 is 14.4 Å². The number of ether oxygens (including phenoxy) is 2. The van der Waals surface area contributed by atoms with Crippen LogP contribution < -0.4 is 4.74 Å². The van der Waals surface area contributed by atoms with Crippen LogP contribution in [0, 0.1) is 0 Å². The van der Waals surface area contributed by atoms with Gasteiger partial charge in [0.2, 0.25) is 0 Å². The summed E-state index contributed by atoms with van der Waals surface area (Å²) in [6.45, 7) is 16.0. The Hall–Kier alpha value is -2.49. The van der Waals surface area contributed by atoms with Crippen molar-refractivity contribution in [1.29, 1.82) is 0 Å². The van der Waals surface area contributed by atoms with Crippen molar-refractivity contribution in [2.75, 3.05) is 6.54 Å². The van der Waals surface area contributed by atoms with E-state index in [4.69, 9.17) is 9.47 Å². The van der Waals surface area contributed by atoms with Gasteiger partial charge >= 0.3 is 6.09 Å². The van der Waals surface area contributed by atoms with Crippen LogP contribution in [0.15, 0.2) is 36.4 Å². The Labute approximate surface area is 194 Å². The summed E-state index contributed by atoms with van der Waals surface area (Å²) in [6.07, 6.45) is 3.89. The number of rotatable bonds is 6. The average molecular weight is 440 g/mol. The minimum atomic E-state index is -0.467. The summed E-state index contributed by atoms with van der Waals surface area (Å²) in [7, 11) is 0. The zero-order chi connectivity index (χ0) is 23.7. The first-order chi connectivity index (χ1) is 15.3. The highest BCUT2D eigenvalue weighted by Gasteiger charge is 2.25. The standard InChI is InChI=1S/C26H35NO3.C2H6/c1-6-8-21-16-24(12-11-20(21)7-2)29-18-19-9-10-23-17-27(14-13-22(23)15-19)25(28)30-26(3,4)5;1-2/h9-12,15-16H,6-8,13-14,17-18H2,1-5H3;1-2H3. The van der Waals surface area contributed by atoms with Gasteiger partial charge in [0.1, 0.15) is 18.0 Å².